The summed E-state index contributed by atoms with van der Waals surface area (Å²) in [7, 11) is -2.90. The van der Waals surface area contributed by atoms with Crippen LogP contribution in [-0.2, 0) is 9.84 Å². The van der Waals surface area contributed by atoms with Crippen LogP contribution in [0.2, 0.25) is 0 Å². The van der Waals surface area contributed by atoms with Gasteiger partial charge in [0, 0.05) is 24.5 Å². The Morgan fingerprint density at radius 1 is 1.24 bits per heavy atom. The van der Waals surface area contributed by atoms with Crippen molar-refractivity contribution in [2.75, 3.05) is 24.2 Å². The molecule has 102 valence electrons. The molecule has 0 atom stereocenters. The van der Waals surface area contributed by atoms with Crippen LogP contribution in [0.1, 0.15) is 39.5 Å². The van der Waals surface area contributed by atoms with E-state index in [1.165, 1.54) is 25.7 Å². The molecule has 0 saturated heterocycles. The Morgan fingerprint density at radius 2 is 1.82 bits per heavy atom. The minimum Gasteiger partial charge on any atom is -0.299 e. The van der Waals surface area contributed by atoms with Crippen molar-refractivity contribution in [2.45, 2.75) is 50.8 Å². The van der Waals surface area contributed by atoms with Crippen molar-refractivity contribution in [1.82, 2.24) is 4.90 Å². The fraction of sp³-hybridized carbons (Fsp3) is 1.00. The maximum Gasteiger partial charge on any atom is 0.153 e. The summed E-state index contributed by atoms with van der Waals surface area (Å²) in [5, 5.41) is 0.669. The number of rotatable bonds is 7. The van der Waals surface area contributed by atoms with Gasteiger partial charge in [-0.15, -0.1) is 0 Å². The van der Waals surface area contributed by atoms with Crippen LogP contribution < -0.4 is 0 Å². The van der Waals surface area contributed by atoms with Gasteiger partial charge in [-0.05, 0) is 26.7 Å². The fourth-order valence-corrected chi connectivity index (χ4v) is 3.75. The zero-order valence-corrected chi connectivity index (χ0v) is 13.3. The van der Waals surface area contributed by atoms with Gasteiger partial charge in [-0.2, -0.15) is 0 Å². The number of sulfone groups is 1. The van der Waals surface area contributed by atoms with Crippen LogP contribution in [0, 0.1) is 0 Å². The van der Waals surface area contributed by atoms with Gasteiger partial charge in [-0.3, -0.25) is 4.90 Å². The monoisotopic (exact) mass is 325 g/mol. The molecule has 5 heteroatoms. The highest BCUT2D eigenvalue weighted by atomic mass is 79.9. The molecule has 1 aliphatic carbocycles. The van der Waals surface area contributed by atoms with Crippen molar-refractivity contribution >= 4 is 25.8 Å². The number of hydrogen-bond acceptors (Lipinski definition) is 3. The summed E-state index contributed by atoms with van der Waals surface area (Å²) >= 11 is 3.46. The number of alkyl halides is 1. The molecule has 3 nitrogen and oxygen atoms in total. The Kier molecular flexibility index (Phi) is 6.45. The first-order chi connectivity index (χ1) is 7.97. The molecule has 0 aromatic heterocycles. The maximum atomic E-state index is 11.8. The molecule has 0 bridgehead atoms. The molecule has 0 spiro atoms. The summed E-state index contributed by atoms with van der Waals surface area (Å²) in [5.74, 6) is 0.300. The molecule has 17 heavy (non-hydrogen) atoms. The van der Waals surface area contributed by atoms with Crippen LogP contribution in [0.3, 0.4) is 0 Å². The van der Waals surface area contributed by atoms with Crippen LogP contribution in [0.15, 0.2) is 0 Å². The van der Waals surface area contributed by atoms with E-state index in [9.17, 15) is 8.42 Å². The van der Waals surface area contributed by atoms with Crippen molar-refractivity contribution in [2.24, 2.45) is 0 Å². The van der Waals surface area contributed by atoms with Gasteiger partial charge in [0.05, 0.1) is 11.0 Å². The summed E-state index contributed by atoms with van der Waals surface area (Å²) in [6.07, 6.45) is 5.05. The Labute approximate surface area is 114 Å². The lowest BCUT2D eigenvalue weighted by atomic mass is 10.2. The van der Waals surface area contributed by atoms with E-state index >= 15 is 0 Å². The van der Waals surface area contributed by atoms with E-state index < -0.39 is 9.84 Å². The second kappa shape index (κ2) is 7.10. The third-order valence-corrected chi connectivity index (χ3v) is 6.14. The lowest BCUT2D eigenvalue weighted by molar-refractivity contribution is 0.223. The van der Waals surface area contributed by atoms with Crippen molar-refractivity contribution in [3.05, 3.63) is 0 Å². The van der Waals surface area contributed by atoms with E-state index in [4.69, 9.17) is 0 Å². The summed E-state index contributed by atoms with van der Waals surface area (Å²) in [4.78, 5) is 2.35. The molecule has 0 aliphatic heterocycles. The molecule has 1 saturated carbocycles. The van der Waals surface area contributed by atoms with E-state index in [1.807, 2.05) is 0 Å². The minimum atomic E-state index is -2.90. The predicted molar refractivity (Wildman–Crippen MR) is 76.5 cm³/mol. The van der Waals surface area contributed by atoms with Gasteiger partial charge >= 0.3 is 0 Å². The first-order valence-corrected chi connectivity index (χ1v) is 9.32. The molecule has 0 aromatic carbocycles. The number of hydrogen-bond donors (Lipinski definition) is 0. The quantitative estimate of drug-likeness (QED) is 0.675. The highest BCUT2D eigenvalue weighted by Gasteiger charge is 2.24. The lowest BCUT2D eigenvalue weighted by Crippen LogP contribution is -2.39. The van der Waals surface area contributed by atoms with Crippen LogP contribution in [-0.4, -0.2) is 48.8 Å². The van der Waals surface area contributed by atoms with Crippen LogP contribution in [0.5, 0.6) is 0 Å². The van der Waals surface area contributed by atoms with E-state index in [0.29, 0.717) is 18.3 Å². The second-order valence-electron chi connectivity index (χ2n) is 5.08. The van der Waals surface area contributed by atoms with Crippen molar-refractivity contribution in [1.29, 1.82) is 0 Å². The smallest absolute Gasteiger partial charge is 0.153 e. The van der Waals surface area contributed by atoms with Crippen molar-refractivity contribution in [3.63, 3.8) is 0 Å². The summed E-state index contributed by atoms with van der Waals surface area (Å²) in [6, 6.07) is 0.606. The Bertz CT molecular complexity index is 310. The highest BCUT2D eigenvalue weighted by Crippen LogP contribution is 2.23. The average molecular weight is 326 g/mol. The predicted octanol–water partition coefficient (Wildman–Crippen LogP) is 2.45. The van der Waals surface area contributed by atoms with Gasteiger partial charge in [0.2, 0.25) is 0 Å². The zero-order chi connectivity index (χ0) is 12.9. The number of nitrogens with zero attached hydrogens (tertiary/aromatic N) is 1. The molecule has 1 aliphatic rings. The fourth-order valence-electron chi connectivity index (χ4n) is 2.34. The molecule has 1 fully saturated rings. The minimum absolute atomic E-state index is 0.253. The van der Waals surface area contributed by atoms with Gasteiger partial charge in [-0.1, -0.05) is 28.8 Å². The molecule has 0 heterocycles. The van der Waals surface area contributed by atoms with E-state index in [-0.39, 0.29) is 5.25 Å². The van der Waals surface area contributed by atoms with Crippen molar-refractivity contribution in [3.8, 4) is 0 Å². The van der Waals surface area contributed by atoms with Gasteiger partial charge in [0.1, 0.15) is 0 Å². The molecule has 0 N–H and O–H groups in total. The van der Waals surface area contributed by atoms with Crippen LogP contribution in [0.4, 0.5) is 0 Å². The van der Waals surface area contributed by atoms with Gasteiger partial charge in [-0.25, -0.2) is 8.42 Å². The molecular formula is C12H24BrNO2S. The standard InChI is InChI=1S/C12H24BrNO2S/c1-11(2)17(15,16)10-9-14(8-7-13)12-5-3-4-6-12/h11-12H,3-10H2,1-2H3. The normalized spacial score (nSPS) is 18.4. The molecule has 0 radical (unpaired) electrons. The topological polar surface area (TPSA) is 37.4 Å². The average Bonchev–Trinajstić information content (AvgIpc) is 2.77. The van der Waals surface area contributed by atoms with Gasteiger partial charge in [0.15, 0.2) is 9.84 Å². The molecule has 0 unspecified atom stereocenters. The first kappa shape index (κ1) is 15.4. The molecular weight excluding hydrogens is 302 g/mol. The largest absolute Gasteiger partial charge is 0.299 e. The van der Waals surface area contributed by atoms with E-state index in [2.05, 4.69) is 20.8 Å². The van der Waals surface area contributed by atoms with E-state index in [1.54, 1.807) is 13.8 Å². The zero-order valence-electron chi connectivity index (χ0n) is 10.9. The third-order valence-electron chi connectivity index (χ3n) is 3.59. The summed E-state index contributed by atoms with van der Waals surface area (Å²) in [6.45, 7) is 5.18. The number of halogens is 1. The van der Waals surface area contributed by atoms with E-state index in [0.717, 1.165) is 11.9 Å². The summed E-state index contributed by atoms with van der Waals surface area (Å²) < 4.78 is 23.6. The lowest BCUT2D eigenvalue weighted by Gasteiger charge is -2.28. The molecule has 0 amide bonds. The Hall–Kier alpha value is 0.390. The first-order valence-electron chi connectivity index (χ1n) is 6.49. The van der Waals surface area contributed by atoms with Gasteiger partial charge in [0.25, 0.3) is 0 Å². The third kappa shape index (κ3) is 4.87. The Balaban J connectivity index is 2.49. The van der Waals surface area contributed by atoms with Crippen molar-refractivity contribution < 1.29 is 8.42 Å². The molecule has 1 rings (SSSR count). The van der Waals surface area contributed by atoms with Gasteiger partial charge < -0.3 is 0 Å². The van der Waals surface area contributed by atoms with Crippen LogP contribution in [0.25, 0.3) is 0 Å². The maximum absolute atomic E-state index is 11.8. The highest BCUT2D eigenvalue weighted by molar-refractivity contribution is 9.09. The molecule has 0 aromatic rings. The second-order valence-corrected chi connectivity index (χ2v) is 8.55. The summed E-state index contributed by atoms with van der Waals surface area (Å²) in [5.41, 5.74) is 0. The SMILES string of the molecule is CC(C)S(=O)(=O)CCN(CCBr)C1CCCC1. The Morgan fingerprint density at radius 3 is 2.29 bits per heavy atom. The van der Waals surface area contributed by atoms with Crippen LogP contribution >= 0.6 is 15.9 Å².